The predicted octanol–water partition coefficient (Wildman–Crippen LogP) is 4.02. The van der Waals surface area contributed by atoms with Gasteiger partial charge in [-0.1, -0.05) is 31.2 Å². The van der Waals surface area contributed by atoms with Crippen molar-refractivity contribution in [1.82, 2.24) is 0 Å². The summed E-state index contributed by atoms with van der Waals surface area (Å²) in [5, 5.41) is -0.740. The monoisotopic (exact) mass is 526 g/mol. The standard InChI is InChI=1S/C10H14O2.C10H22O2.C4H10O4S2/c1-11-7-9-3-5-10(6-4-9)8-12-2;1-9(2,11-5)7-8-10(3,4)12-6;1-3-10(7,8)4-9(2,5)6/h3-6H,7-8H2,1-2H3;7-8H2,1-6H3;3-4H2,1-2H3. The quantitative estimate of drug-likeness (QED) is 0.402. The van der Waals surface area contributed by atoms with E-state index >= 15 is 0 Å². The summed E-state index contributed by atoms with van der Waals surface area (Å²) in [6.45, 7) is 11.1. The van der Waals surface area contributed by atoms with E-state index in [4.69, 9.17) is 18.9 Å². The molecule has 1 rings (SSSR count). The first-order chi connectivity index (χ1) is 15.5. The highest BCUT2D eigenvalue weighted by atomic mass is 32.3. The summed E-state index contributed by atoms with van der Waals surface area (Å²) in [7, 11) is 0.148. The van der Waals surface area contributed by atoms with E-state index < -0.39 is 24.8 Å². The highest BCUT2D eigenvalue weighted by Gasteiger charge is 2.23. The van der Waals surface area contributed by atoms with Crippen molar-refractivity contribution in [1.29, 1.82) is 0 Å². The van der Waals surface area contributed by atoms with Crippen molar-refractivity contribution in [2.45, 2.75) is 71.9 Å². The van der Waals surface area contributed by atoms with E-state index in [0.717, 1.165) is 19.1 Å². The van der Waals surface area contributed by atoms with Crippen LogP contribution >= 0.6 is 0 Å². The molecular formula is C24H46O8S2. The molecule has 0 amide bonds. The Labute approximate surface area is 208 Å². The lowest BCUT2D eigenvalue weighted by molar-refractivity contribution is -0.0302. The molecule has 0 N–H and O–H groups in total. The zero-order valence-corrected chi connectivity index (χ0v) is 24.3. The first-order valence-corrected chi connectivity index (χ1v) is 14.9. The summed E-state index contributed by atoms with van der Waals surface area (Å²) in [5.41, 5.74) is 2.32. The molecule has 0 spiro atoms. The van der Waals surface area contributed by atoms with Crippen LogP contribution in [0.4, 0.5) is 0 Å². The van der Waals surface area contributed by atoms with Crippen molar-refractivity contribution < 1.29 is 35.8 Å². The van der Waals surface area contributed by atoms with Gasteiger partial charge in [0.25, 0.3) is 0 Å². The van der Waals surface area contributed by atoms with E-state index in [-0.39, 0.29) is 17.0 Å². The maximum atomic E-state index is 10.6. The summed E-state index contributed by atoms with van der Waals surface area (Å²) in [6.07, 6.45) is 2.94. The number of hydrogen-bond acceptors (Lipinski definition) is 8. The molecule has 8 nitrogen and oxygen atoms in total. The van der Waals surface area contributed by atoms with Crippen LogP contribution in [0, 0.1) is 0 Å². The van der Waals surface area contributed by atoms with Crippen molar-refractivity contribution >= 4 is 19.7 Å². The third-order valence-electron chi connectivity index (χ3n) is 4.91. The lowest BCUT2D eigenvalue weighted by Crippen LogP contribution is -2.29. The molecular weight excluding hydrogens is 480 g/mol. The number of rotatable bonds is 12. The van der Waals surface area contributed by atoms with Crippen LogP contribution in [0.2, 0.25) is 0 Å². The molecule has 10 heteroatoms. The van der Waals surface area contributed by atoms with Gasteiger partial charge in [0.15, 0.2) is 24.8 Å². The average Bonchev–Trinajstić information content (AvgIpc) is 2.74. The van der Waals surface area contributed by atoms with E-state index in [0.29, 0.717) is 13.2 Å². The van der Waals surface area contributed by atoms with E-state index in [1.807, 2.05) is 0 Å². The largest absolute Gasteiger partial charge is 0.380 e. The number of methoxy groups -OCH3 is 4. The Hall–Kier alpha value is -1.04. The Morgan fingerprint density at radius 1 is 0.706 bits per heavy atom. The Balaban J connectivity index is 0. The van der Waals surface area contributed by atoms with Gasteiger partial charge in [0, 0.05) is 40.4 Å². The second-order valence-electron chi connectivity index (χ2n) is 9.19. The Morgan fingerprint density at radius 2 is 1.03 bits per heavy atom. The third-order valence-corrected chi connectivity index (χ3v) is 8.94. The molecule has 1 aromatic rings. The Bertz CT molecular complexity index is 818. The van der Waals surface area contributed by atoms with Crippen molar-refractivity contribution in [3.63, 3.8) is 0 Å². The zero-order chi connectivity index (χ0) is 27.1. The molecule has 34 heavy (non-hydrogen) atoms. The van der Waals surface area contributed by atoms with Crippen LogP contribution in [0.15, 0.2) is 24.3 Å². The molecule has 0 aliphatic rings. The predicted molar refractivity (Wildman–Crippen MR) is 138 cm³/mol. The second kappa shape index (κ2) is 16.6. The number of ether oxygens (including phenoxy) is 4. The van der Waals surface area contributed by atoms with Gasteiger partial charge in [0.05, 0.1) is 24.4 Å². The van der Waals surface area contributed by atoms with E-state index in [2.05, 4.69) is 52.0 Å². The Kier molecular flexibility index (Phi) is 17.1. The minimum atomic E-state index is -3.38. The number of benzene rings is 1. The van der Waals surface area contributed by atoms with Crippen LogP contribution in [0.3, 0.4) is 0 Å². The van der Waals surface area contributed by atoms with Crippen LogP contribution in [-0.4, -0.2) is 73.6 Å². The smallest absolute Gasteiger partial charge is 0.164 e. The normalized spacial score (nSPS) is 12.3. The van der Waals surface area contributed by atoms with Gasteiger partial charge in [-0.15, -0.1) is 0 Å². The summed E-state index contributed by atoms with van der Waals surface area (Å²) in [4.78, 5) is 0. The molecule has 0 saturated carbocycles. The summed E-state index contributed by atoms with van der Waals surface area (Å²) >= 11 is 0. The third kappa shape index (κ3) is 20.3. The zero-order valence-electron chi connectivity index (χ0n) is 22.6. The molecule has 0 fully saturated rings. The van der Waals surface area contributed by atoms with Gasteiger partial charge in [-0.25, -0.2) is 16.8 Å². The fourth-order valence-electron chi connectivity index (χ4n) is 2.28. The molecule has 0 saturated heterocycles. The minimum Gasteiger partial charge on any atom is -0.380 e. The number of hydrogen-bond donors (Lipinski definition) is 0. The molecule has 0 unspecified atom stereocenters. The fraction of sp³-hybridized carbons (Fsp3) is 0.750. The highest BCUT2D eigenvalue weighted by Crippen LogP contribution is 2.23. The molecule has 202 valence electrons. The van der Waals surface area contributed by atoms with Crippen molar-refractivity contribution in [3.05, 3.63) is 35.4 Å². The van der Waals surface area contributed by atoms with Crippen LogP contribution in [0.25, 0.3) is 0 Å². The van der Waals surface area contributed by atoms with Gasteiger partial charge in [-0.3, -0.25) is 0 Å². The van der Waals surface area contributed by atoms with Crippen LogP contribution in [0.5, 0.6) is 0 Å². The lowest BCUT2D eigenvalue weighted by Gasteiger charge is -2.29. The van der Waals surface area contributed by atoms with Gasteiger partial charge in [0.2, 0.25) is 0 Å². The van der Waals surface area contributed by atoms with Gasteiger partial charge in [-0.2, -0.15) is 0 Å². The average molecular weight is 527 g/mol. The maximum Gasteiger partial charge on any atom is 0.164 e. The van der Waals surface area contributed by atoms with E-state index in [1.54, 1.807) is 28.4 Å². The molecule has 0 heterocycles. The van der Waals surface area contributed by atoms with Crippen LogP contribution in [-0.2, 0) is 51.8 Å². The van der Waals surface area contributed by atoms with Crippen molar-refractivity contribution in [3.8, 4) is 0 Å². The van der Waals surface area contributed by atoms with Crippen LogP contribution < -0.4 is 0 Å². The number of sulfone groups is 2. The molecule has 0 atom stereocenters. The first kappa shape index (κ1) is 35.1. The summed E-state index contributed by atoms with van der Waals surface area (Å²) < 4.78 is 62.8. The minimum absolute atomic E-state index is 0.0319. The summed E-state index contributed by atoms with van der Waals surface area (Å²) in [5.74, 6) is -0.125. The molecule has 0 radical (unpaired) electrons. The van der Waals surface area contributed by atoms with E-state index in [9.17, 15) is 16.8 Å². The second-order valence-corrected chi connectivity index (χ2v) is 14.0. The first-order valence-electron chi connectivity index (χ1n) is 11.0. The molecule has 0 aliphatic carbocycles. The Morgan fingerprint density at radius 3 is 1.21 bits per heavy atom. The van der Waals surface area contributed by atoms with E-state index in [1.165, 1.54) is 18.1 Å². The van der Waals surface area contributed by atoms with Gasteiger partial charge < -0.3 is 18.9 Å². The van der Waals surface area contributed by atoms with Crippen LogP contribution in [0.1, 0.15) is 58.6 Å². The van der Waals surface area contributed by atoms with Crippen molar-refractivity contribution in [2.24, 2.45) is 0 Å². The topological polar surface area (TPSA) is 105 Å². The highest BCUT2D eigenvalue weighted by molar-refractivity contribution is 8.07. The van der Waals surface area contributed by atoms with Gasteiger partial charge in [-0.05, 0) is 51.7 Å². The maximum absolute atomic E-state index is 10.6. The molecule has 0 bridgehead atoms. The molecule has 1 aromatic carbocycles. The molecule has 0 aromatic heterocycles. The molecule has 0 aliphatic heterocycles. The fourth-order valence-corrected chi connectivity index (χ4v) is 5.56. The van der Waals surface area contributed by atoms with Crippen molar-refractivity contribution in [2.75, 3.05) is 45.5 Å². The SMILES string of the molecule is CCS(=O)(=O)CS(C)(=O)=O.COC(C)(C)CCC(C)(C)OC.COCc1ccc(COC)cc1. The lowest BCUT2D eigenvalue weighted by atomic mass is 9.94. The van der Waals surface area contributed by atoms with Gasteiger partial charge in [0.1, 0.15) is 0 Å². The summed E-state index contributed by atoms with van der Waals surface area (Å²) in [6, 6.07) is 8.21. The van der Waals surface area contributed by atoms with Gasteiger partial charge >= 0.3 is 0 Å².